The zero-order valence-electron chi connectivity index (χ0n) is 10.5. The Hall–Kier alpha value is -2.22. The maximum Gasteiger partial charge on any atom is 0.0922 e. The van der Waals surface area contributed by atoms with Crippen LogP contribution < -0.4 is 0 Å². The van der Waals surface area contributed by atoms with Crippen LogP contribution in [0.3, 0.4) is 0 Å². The first-order valence-corrected chi connectivity index (χ1v) is 6.04. The molecule has 0 amide bonds. The summed E-state index contributed by atoms with van der Waals surface area (Å²) in [5.74, 6) is 0. The van der Waals surface area contributed by atoms with Gasteiger partial charge in [0.1, 0.15) is 0 Å². The summed E-state index contributed by atoms with van der Waals surface area (Å²) >= 11 is 0. The molecule has 0 unspecified atom stereocenters. The summed E-state index contributed by atoms with van der Waals surface area (Å²) in [5.41, 5.74) is 6.18. The predicted octanol–water partition coefficient (Wildman–Crippen LogP) is 3.91. The van der Waals surface area contributed by atoms with Crippen molar-refractivity contribution in [3.8, 4) is 11.3 Å². The van der Waals surface area contributed by atoms with Crippen molar-refractivity contribution >= 4 is 11.0 Å². The molecule has 2 heteroatoms. The van der Waals surface area contributed by atoms with Crippen molar-refractivity contribution in [2.75, 3.05) is 0 Å². The van der Waals surface area contributed by atoms with Crippen LogP contribution in [0.1, 0.15) is 11.3 Å². The van der Waals surface area contributed by atoms with E-state index >= 15 is 0 Å². The highest BCUT2D eigenvalue weighted by Crippen LogP contribution is 2.22. The van der Waals surface area contributed by atoms with Gasteiger partial charge >= 0.3 is 0 Å². The second-order valence-corrected chi connectivity index (χ2v) is 4.52. The molecule has 2 nitrogen and oxygen atoms in total. The van der Waals surface area contributed by atoms with E-state index in [9.17, 15) is 0 Å². The van der Waals surface area contributed by atoms with Crippen LogP contribution in [0.5, 0.6) is 0 Å². The minimum Gasteiger partial charge on any atom is -0.249 e. The van der Waals surface area contributed by atoms with Gasteiger partial charge in [0.05, 0.1) is 22.4 Å². The lowest BCUT2D eigenvalue weighted by Crippen LogP contribution is -1.94. The first-order chi connectivity index (χ1) is 8.74. The van der Waals surface area contributed by atoms with Crippen LogP contribution in [-0.2, 0) is 0 Å². The van der Waals surface area contributed by atoms with Crippen LogP contribution in [-0.4, -0.2) is 9.97 Å². The van der Waals surface area contributed by atoms with Gasteiger partial charge in [0.2, 0.25) is 0 Å². The fourth-order valence-electron chi connectivity index (χ4n) is 2.12. The number of nitrogens with zero attached hydrogens (tertiary/aromatic N) is 2. The lowest BCUT2D eigenvalue weighted by molar-refractivity contribution is 1.19. The third-order valence-corrected chi connectivity index (χ3v) is 3.04. The molecule has 2 aromatic carbocycles. The Morgan fingerprint density at radius 3 is 2.33 bits per heavy atom. The molecule has 88 valence electrons. The summed E-state index contributed by atoms with van der Waals surface area (Å²) in [6.07, 6.45) is 0. The number of benzene rings is 2. The topological polar surface area (TPSA) is 25.8 Å². The summed E-state index contributed by atoms with van der Waals surface area (Å²) in [7, 11) is 0. The maximum absolute atomic E-state index is 4.72. The van der Waals surface area contributed by atoms with Gasteiger partial charge in [-0.25, -0.2) is 9.97 Å². The summed E-state index contributed by atoms with van der Waals surface area (Å²) in [6.45, 7) is 4.08. The van der Waals surface area contributed by atoms with Crippen LogP contribution in [0.4, 0.5) is 0 Å². The molecule has 0 aliphatic carbocycles. The van der Waals surface area contributed by atoms with E-state index in [1.165, 1.54) is 5.56 Å². The molecule has 1 aromatic heterocycles. The predicted molar refractivity (Wildman–Crippen MR) is 74.4 cm³/mol. The molecule has 0 N–H and O–H groups in total. The van der Waals surface area contributed by atoms with Gasteiger partial charge < -0.3 is 0 Å². The molecule has 0 spiro atoms. The van der Waals surface area contributed by atoms with Crippen molar-refractivity contribution in [3.63, 3.8) is 0 Å². The first-order valence-electron chi connectivity index (χ1n) is 6.04. The molecule has 0 fully saturated rings. The first kappa shape index (κ1) is 10.9. The van der Waals surface area contributed by atoms with Crippen molar-refractivity contribution in [1.82, 2.24) is 9.97 Å². The Kier molecular flexibility index (Phi) is 2.56. The second-order valence-electron chi connectivity index (χ2n) is 4.52. The smallest absolute Gasteiger partial charge is 0.0922 e. The van der Waals surface area contributed by atoms with Gasteiger partial charge in [-0.2, -0.15) is 0 Å². The molecule has 3 rings (SSSR count). The zero-order chi connectivity index (χ0) is 12.5. The minimum atomic E-state index is 0.949. The van der Waals surface area contributed by atoms with E-state index < -0.39 is 0 Å². The molecule has 3 aromatic rings. The van der Waals surface area contributed by atoms with Crippen LogP contribution in [0.15, 0.2) is 48.5 Å². The molecule has 0 radical (unpaired) electrons. The van der Waals surface area contributed by atoms with Crippen molar-refractivity contribution in [3.05, 3.63) is 59.8 Å². The Morgan fingerprint density at radius 2 is 1.56 bits per heavy atom. The average Bonchev–Trinajstić information content (AvgIpc) is 2.39. The highest BCUT2D eigenvalue weighted by Gasteiger charge is 2.07. The van der Waals surface area contributed by atoms with Crippen LogP contribution in [0.25, 0.3) is 22.3 Å². The number of aryl methyl sites for hydroxylation is 2. The van der Waals surface area contributed by atoms with E-state index in [0.717, 1.165) is 28.0 Å². The monoisotopic (exact) mass is 234 g/mol. The Balaban J connectivity index is 2.25. The van der Waals surface area contributed by atoms with Gasteiger partial charge in [-0.15, -0.1) is 0 Å². The van der Waals surface area contributed by atoms with Crippen molar-refractivity contribution in [1.29, 1.82) is 0 Å². The Morgan fingerprint density at radius 1 is 0.778 bits per heavy atom. The van der Waals surface area contributed by atoms with Gasteiger partial charge in [0.25, 0.3) is 0 Å². The van der Waals surface area contributed by atoms with Gasteiger partial charge in [0, 0.05) is 5.56 Å². The lowest BCUT2D eigenvalue weighted by atomic mass is 10.1. The molecular weight excluding hydrogens is 220 g/mol. The van der Waals surface area contributed by atoms with Gasteiger partial charge in [0.15, 0.2) is 0 Å². The molecule has 0 bridgehead atoms. The molecule has 0 aliphatic rings. The standard InChI is InChI=1S/C16H14N2/c1-11-8-9-14-15(10-11)17-12(2)16(18-14)13-6-4-3-5-7-13/h3-10H,1-2H3. The van der Waals surface area contributed by atoms with Gasteiger partial charge in [-0.1, -0.05) is 36.4 Å². The molecule has 18 heavy (non-hydrogen) atoms. The number of rotatable bonds is 1. The van der Waals surface area contributed by atoms with Crippen molar-refractivity contribution in [2.24, 2.45) is 0 Å². The van der Waals surface area contributed by atoms with Crippen molar-refractivity contribution in [2.45, 2.75) is 13.8 Å². The van der Waals surface area contributed by atoms with Crippen LogP contribution >= 0.6 is 0 Å². The van der Waals surface area contributed by atoms with Gasteiger partial charge in [-0.3, -0.25) is 0 Å². The second kappa shape index (κ2) is 4.22. The fourth-order valence-corrected chi connectivity index (χ4v) is 2.12. The minimum absolute atomic E-state index is 0.949. The Labute approximate surface area is 106 Å². The van der Waals surface area contributed by atoms with Crippen LogP contribution in [0.2, 0.25) is 0 Å². The van der Waals surface area contributed by atoms with Crippen LogP contribution in [0, 0.1) is 13.8 Å². The summed E-state index contributed by atoms with van der Waals surface area (Å²) in [4.78, 5) is 9.37. The quantitative estimate of drug-likeness (QED) is 0.638. The lowest BCUT2D eigenvalue weighted by Gasteiger charge is -2.07. The highest BCUT2D eigenvalue weighted by atomic mass is 14.8. The molecule has 0 atom stereocenters. The molecule has 0 saturated heterocycles. The van der Waals surface area contributed by atoms with E-state index in [1.54, 1.807) is 0 Å². The van der Waals surface area contributed by atoms with E-state index in [4.69, 9.17) is 4.98 Å². The van der Waals surface area contributed by atoms with E-state index in [0.29, 0.717) is 0 Å². The van der Waals surface area contributed by atoms with Gasteiger partial charge in [-0.05, 0) is 31.5 Å². The zero-order valence-corrected chi connectivity index (χ0v) is 10.5. The summed E-state index contributed by atoms with van der Waals surface area (Å²) in [5, 5.41) is 0. The SMILES string of the molecule is Cc1ccc2nc(-c3ccccc3)c(C)nc2c1. The highest BCUT2D eigenvalue weighted by molar-refractivity contribution is 5.78. The third kappa shape index (κ3) is 1.86. The number of fused-ring (bicyclic) bond motifs is 1. The van der Waals surface area contributed by atoms with E-state index in [1.807, 2.05) is 31.2 Å². The summed E-state index contributed by atoms with van der Waals surface area (Å²) in [6, 6.07) is 16.4. The molecule has 0 aliphatic heterocycles. The summed E-state index contributed by atoms with van der Waals surface area (Å²) < 4.78 is 0. The molecule has 1 heterocycles. The number of aromatic nitrogens is 2. The normalized spacial score (nSPS) is 10.8. The number of hydrogen-bond acceptors (Lipinski definition) is 2. The van der Waals surface area contributed by atoms with Crippen molar-refractivity contribution < 1.29 is 0 Å². The largest absolute Gasteiger partial charge is 0.249 e. The maximum atomic E-state index is 4.72. The molecular formula is C16H14N2. The fraction of sp³-hybridized carbons (Fsp3) is 0.125. The molecule has 0 saturated carbocycles. The van der Waals surface area contributed by atoms with E-state index in [2.05, 4.69) is 36.2 Å². The number of hydrogen-bond donors (Lipinski definition) is 0. The average molecular weight is 234 g/mol. The third-order valence-electron chi connectivity index (χ3n) is 3.04. The van der Waals surface area contributed by atoms with E-state index in [-0.39, 0.29) is 0 Å². The Bertz CT molecular complexity index is 703.